The van der Waals surface area contributed by atoms with E-state index in [4.69, 9.17) is 0 Å². The van der Waals surface area contributed by atoms with Crippen LogP contribution in [0, 0.1) is 5.41 Å². The molecule has 1 aromatic carbocycles. The van der Waals surface area contributed by atoms with Crippen LogP contribution in [0.1, 0.15) is 25.8 Å². The topological polar surface area (TPSA) is 66.0 Å². The van der Waals surface area contributed by atoms with Crippen molar-refractivity contribution >= 4 is 17.7 Å². The SMILES string of the molecule is CN=C(NCc1ccc(NC(=O)OC)cc1)N1CCC(C)(C)C1. The van der Waals surface area contributed by atoms with Crippen LogP contribution >= 0.6 is 0 Å². The number of likely N-dealkylation sites (tertiary alicyclic amines) is 1. The molecular weight excluding hydrogens is 292 g/mol. The van der Waals surface area contributed by atoms with Crippen LogP contribution in [0.4, 0.5) is 10.5 Å². The minimum atomic E-state index is -0.465. The van der Waals surface area contributed by atoms with Crippen LogP contribution in [0.15, 0.2) is 29.3 Å². The number of hydrogen-bond donors (Lipinski definition) is 2. The lowest BCUT2D eigenvalue weighted by atomic mass is 9.93. The molecule has 1 heterocycles. The minimum absolute atomic E-state index is 0.346. The number of carbonyl (C=O) groups excluding carboxylic acids is 1. The Hall–Kier alpha value is -2.24. The van der Waals surface area contributed by atoms with Crippen molar-refractivity contribution in [1.29, 1.82) is 0 Å². The predicted molar refractivity (Wildman–Crippen MR) is 92.6 cm³/mol. The van der Waals surface area contributed by atoms with E-state index < -0.39 is 6.09 Å². The van der Waals surface area contributed by atoms with Crippen LogP contribution < -0.4 is 10.6 Å². The Morgan fingerprint density at radius 1 is 1.35 bits per heavy atom. The van der Waals surface area contributed by atoms with Gasteiger partial charge in [-0.2, -0.15) is 0 Å². The number of amides is 1. The molecule has 0 spiro atoms. The first-order chi connectivity index (χ1) is 10.9. The highest BCUT2D eigenvalue weighted by Gasteiger charge is 2.30. The van der Waals surface area contributed by atoms with E-state index in [9.17, 15) is 4.79 Å². The van der Waals surface area contributed by atoms with Crippen molar-refractivity contribution in [3.8, 4) is 0 Å². The minimum Gasteiger partial charge on any atom is -0.453 e. The van der Waals surface area contributed by atoms with Gasteiger partial charge in [-0.3, -0.25) is 10.3 Å². The monoisotopic (exact) mass is 318 g/mol. The summed E-state index contributed by atoms with van der Waals surface area (Å²) in [7, 11) is 3.16. The molecule has 1 saturated heterocycles. The summed E-state index contributed by atoms with van der Waals surface area (Å²) in [6.07, 6.45) is 0.717. The number of aliphatic imine (C=N–C) groups is 1. The smallest absolute Gasteiger partial charge is 0.411 e. The highest BCUT2D eigenvalue weighted by atomic mass is 16.5. The molecule has 1 aromatic rings. The van der Waals surface area contributed by atoms with Crippen LogP contribution in [0.2, 0.25) is 0 Å². The molecule has 0 aliphatic carbocycles. The molecule has 1 amide bonds. The van der Waals surface area contributed by atoms with E-state index in [0.29, 0.717) is 17.6 Å². The largest absolute Gasteiger partial charge is 0.453 e. The summed E-state index contributed by atoms with van der Waals surface area (Å²) in [5.41, 5.74) is 2.19. The number of ether oxygens (including phenoxy) is 1. The number of guanidine groups is 1. The van der Waals surface area contributed by atoms with Crippen molar-refractivity contribution in [2.45, 2.75) is 26.8 Å². The third-order valence-electron chi connectivity index (χ3n) is 4.03. The van der Waals surface area contributed by atoms with E-state index in [-0.39, 0.29) is 0 Å². The molecule has 0 unspecified atom stereocenters. The number of methoxy groups -OCH3 is 1. The summed E-state index contributed by atoms with van der Waals surface area (Å²) in [5.74, 6) is 0.937. The maximum Gasteiger partial charge on any atom is 0.411 e. The molecule has 0 radical (unpaired) electrons. The van der Waals surface area contributed by atoms with Gasteiger partial charge in [0, 0.05) is 32.4 Å². The van der Waals surface area contributed by atoms with Gasteiger partial charge in [0.15, 0.2) is 5.96 Å². The van der Waals surface area contributed by atoms with Gasteiger partial charge in [-0.05, 0) is 29.5 Å². The van der Waals surface area contributed by atoms with Gasteiger partial charge < -0.3 is 15.0 Å². The second-order valence-corrected chi connectivity index (χ2v) is 6.55. The zero-order valence-corrected chi connectivity index (χ0v) is 14.3. The first kappa shape index (κ1) is 17.1. The van der Waals surface area contributed by atoms with Gasteiger partial charge in [0.25, 0.3) is 0 Å². The van der Waals surface area contributed by atoms with Gasteiger partial charge in [0.05, 0.1) is 7.11 Å². The standard InChI is InChI=1S/C17H26N4O2/c1-17(2)9-10-21(12-17)15(18-3)19-11-13-5-7-14(8-6-13)20-16(22)23-4/h5-8H,9-12H2,1-4H3,(H,18,19)(H,20,22). The molecule has 0 aromatic heterocycles. The third kappa shape index (κ3) is 4.87. The van der Waals surface area contributed by atoms with Crippen molar-refractivity contribution in [2.24, 2.45) is 10.4 Å². The van der Waals surface area contributed by atoms with Gasteiger partial charge >= 0.3 is 6.09 Å². The summed E-state index contributed by atoms with van der Waals surface area (Å²) >= 11 is 0. The molecule has 2 rings (SSSR count). The third-order valence-corrected chi connectivity index (χ3v) is 4.03. The Bertz CT molecular complexity index is 566. The highest BCUT2D eigenvalue weighted by molar-refractivity contribution is 5.84. The number of anilines is 1. The van der Waals surface area contributed by atoms with Crippen molar-refractivity contribution in [2.75, 3.05) is 32.6 Å². The lowest BCUT2D eigenvalue weighted by Gasteiger charge is -2.23. The van der Waals surface area contributed by atoms with Crippen LogP contribution in [0.25, 0.3) is 0 Å². The summed E-state index contributed by atoms with van der Waals surface area (Å²) < 4.78 is 4.57. The van der Waals surface area contributed by atoms with Gasteiger partial charge in [-0.25, -0.2) is 4.79 Å². The Labute approximate surface area is 137 Å². The van der Waals surface area contributed by atoms with E-state index in [0.717, 1.165) is 24.6 Å². The predicted octanol–water partition coefficient (Wildman–Crippen LogP) is 2.67. The number of carbonyl (C=O) groups is 1. The number of nitrogens with zero attached hydrogens (tertiary/aromatic N) is 2. The molecule has 1 fully saturated rings. The van der Waals surface area contributed by atoms with E-state index in [1.165, 1.54) is 13.5 Å². The molecule has 126 valence electrons. The first-order valence-electron chi connectivity index (χ1n) is 7.83. The van der Waals surface area contributed by atoms with Crippen molar-refractivity contribution in [1.82, 2.24) is 10.2 Å². The number of benzene rings is 1. The van der Waals surface area contributed by atoms with Gasteiger partial charge in [-0.1, -0.05) is 26.0 Å². The summed E-state index contributed by atoms with van der Waals surface area (Å²) in [4.78, 5) is 17.8. The Kier molecular flexibility index (Phi) is 5.47. The van der Waals surface area contributed by atoms with E-state index in [1.807, 2.05) is 31.3 Å². The molecule has 1 aliphatic rings. The maximum atomic E-state index is 11.2. The Balaban J connectivity index is 1.88. The van der Waals surface area contributed by atoms with Gasteiger partial charge in [0.1, 0.15) is 0 Å². The Morgan fingerprint density at radius 2 is 2.04 bits per heavy atom. The number of hydrogen-bond acceptors (Lipinski definition) is 3. The molecule has 2 N–H and O–H groups in total. The zero-order chi connectivity index (χ0) is 16.9. The average Bonchev–Trinajstić information content (AvgIpc) is 2.89. The molecule has 0 saturated carbocycles. The fourth-order valence-electron chi connectivity index (χ4n) is 2.68. The Morgan fingerprint density at radius 3 is 2.57 bits per heavy atom. The highest BCUT2D eigenvalue weighted by Crippen LogP contribution is 2.28. The molecule has 6 heteroatoms. The van der Waals surface area contributed by atoms with Gasteiger partial charge in [-0.15, -0.1) is 0 Å². The quantitative estimate of drug-likeness (QED) is 0.664. The summed E-state index contributed by atoms with van der Waals surface area (Å²) in [5, 5.41) is 6.04. The zero-order valence-electron chi connectivity index (χ0n) is 14.3. The number of rotatable bonds is 3. The second kappa shape index (κ2) is 7.35. The fourth-order valence-corrected chi connectivity index (χ4v) is 2.68. The molecule has 23 heavy (non-hydrogen) atoms. The van der Waals surface area contributed by atoms with E-state index >= 15 is 0 Å². The van der Waals surface area contributed by atoms with Crippen molar-refractivity contribution in [3.63, 3.8) is 0 Å². The van der Waals surface area contributed by atoms with E-state index in [1.54, 1.807) is 0 Å². The molecule has 0 bridgehead atoms. The normalized spacial score (nSPS) is 17.0. The lowest BCUT2D eigenvalue weighted by Crippen LogP contribution is -2.40. The van der Waals surface area contributed by atoms with Crippen LogP contribution in [-0.2, 0) is 11.3 Å². The molecule has 1 aliphatic heterocycles. The fraction of sp³-hybridized carbons (Fsp3) is 0.529. The van der Waals surface area contributed by atoms with Gasteiger partial charge in [0.2, 0.25) is 0 Å². The second-order valence-electron chi connectivity index (χ2n) is 6.55. The summed E-state index contributed by atoms with van der Waals surface area (Å²) in [6, 6.07) is 7.66. The lowest BCUT2D eigenvalue weighted by molar-refractivity contribution is 0.187. The molecule has 0 atom stereocenters. The van der Waals surface area contributed by atoms with E-state index in [2.05, 4.69) is 39.1 Å². The van der Waals surface area contributed by atoms with Crippen LogP contribution in [0.5, 0.6) is 0 Å². The average molecular weight is 318 g/mol. The van der Waals surface area contributed by atoms with Crippen LogP contribution in [0.3, 0.4) is 0 Å². The number of nitrogens with one attached hydrogen (secondary N) is 2. The maximum absolute atomic E-state index is 11.2. The molecule has 6 nitrogen and oxygen atoms in total. The van der Waals surface area contributed by atoms with Crippen molar-refractivity contribution < 1.29 is 9.53 Å². The first-order valence-corrected chi connectivity index (χ1v) is 7.83. The molecular formula is C17H26N4O2. The van der Waals surface area contributed by atoms with Crippen LogP contribution in [-0.4, -0.2) is 44.2 Å². The summed E-state index contributed by atoms with van der Waals surface area (Å²) in [6.45, 7) is 7.33. The van der Waals surface area contributed by atoms with Crippen molar-refractivity contribution in [3.05, 3.63) is 29.8 Å².